The average Bonchev–Trinajstić information content (AvgIpc) is 2.60. The lowest BCUT2D eigenvalue weighted by Crippen LogP contribution is -2.39. The number of hydrogen-bond acceptors (Lipinski definition) is 4. The van der Waals surface area contributed by atoms with Crippen LogP contribution in [0.1, 0.15) is 24.1 Å². The standard InChI is InChI=1S/C10H13N3O/c1-3-11-4-2-10(1)8-5-12-7-13-9(8)6-14-10/h5,7,11H,1-4,6H2. The molecule has 1 saturated heterocycles. The number of piperidine rings is 1. The van der Waals surface area contributed by atoms with Gasteiger partial charge in [-0.05, 0) is 25.9 Å². The Bertz CT molecular complexity index is 341. The SMILES string of the molecule is c1ncc2c(n1)COC21CCNCC1. The van der Waals surface area contributed by atoms with E-state index in [1.54, 1.807) is 6.33 Å². The van der Waals surface area contributed by atoms with Crippen LogP contribution in [0, 0.1) is 0 Å². The zero-order valence-electron chi connectivity index (χ0n) is 7.99. The number of aromatic nitrogens is 2. The van der Waals surface area contributed by atoms with Crippen molar-refractivity contribution >= 4 is 0 Å². The molecule has 0 aliphatic carbocycles. The van der Waals surface area contributed by atoms with Gasteiger partial charge < -0.3 is 10.1 Å². The van der Waals surface area contributed by atoms with Crippen molar-refractivity contribution in [1.29, 1.82) is 0 Å². The molecule has 1 aromatic heterocycles. The minimum atomic E-state index is -0.0815. The summed E-state index contributed by atoms with van der Waals surface area (Å²) in [6.45, 7) is 2.69. The van der Waals surface area contributed by atoms with E-state index >= 15 is 0 Å². The van der Waals surface area contributed by atoms with E-state index in [1.165, 1.54) is 5.56 Å². The van der Waals surface area contributed by atoms with Crippen LogP contribution >= 0.6 is 0 Å². The summed E-state index contributed by atoms with van der Waals surface area (Å²) in [5, 5.41) is 3.35. The van der Waals surface area contributed by atoms with Crippen LogP contribution in [0.15, 0.2) is 12.5 Å². The third-order valence-corrected chi connectivity index (χ3v) is 3.18. The molecule has 0 saturated carbocycles. The minimum absolute atomic E-state index is 0.0815. The monoisotopic (exact) mass is 191 g/mol. The summed E-state index contributed by atoms with van der Waals surface area (Å²) >= 11 is 0. The molecule has 2 aliphatic heterocycles. The average molecular weight is 191 g/mol. The molecule has 4 heteroatoms. The first-order chi connectivity index (χ1) is 6.91. The van der Waals surface area contributed by atoms with Gasteiger partial charge in [0.25, 0.3) is 0 Å². The highest BCUT2D eigenvalue weighted by Crippen LogP contribution is 2.41. The first kappa shape index (κ1) is 8.32. The smallest absolute Gasteiger partial charge is 0.115 e. The molecule has 3 heterocycles. The van der Waals surface area contributed by atoms with Gasteiger partial charge in [-0.15, -0.1) is 0 Å². The molecule has 0 radical (unpaired) electrons. The summed E-state index contributed by atoms with van der Waals surface area (Å²) in [6, 6.07) is 0. The van der Waals surface area contributed by atoms with Crippen molar-refractivity contribution in [2.24, 2.45) is 0 Å². The maximum Gasteiger partial charge on any atom is 0.115 e. The second-order valence-corrected chi connectivity index (χ2v) is 3.92. The van der Waals surface area contributed by atoms with Gasteiger partial charge in [-0.2, -0.15) is 0 Å². The van der Waals surface area contributed by atoms with E-state index in [1.807, 2.05) is 6.20 Å². The zero-order valence-corrected chi connectivity index (χ0v) is 7.99. The van der Waals surface area contributed by atoms with Crippen LogP contribution < -0.4 is 5.32 Å². The maximum atomic E-state index is 5.91. The highest BCUT2D eigenvalue weighted by Gasteiger charge is 2.41. The second kappa shape index (κ2) is 3.00. The number of fused-ring (bicyclic) bond motifs is 2. The Morgan fingerprint density at radius 1 is 1.36 bits per heavy atom. The van der Waals surface area contributed by atoms with Crippen LogP contribution in [-0.4, -0.2) is 23.1 Å². The molecule has 14 heavy (non-hydrogen) atoms. The Labute approximate surface area is 82.7 Å². The zero-order chi connectivity index (χ0) is 9.43. The van der Waals surface area contributed by atoms with Crippen molar-refractivity contribution in [1.82, 2.24) is 15.3 Å². The third-order valence-electron chi connectivity index (χ3n) is 3.18. The van der Waals surface area contributed by atoms with Gasteiger partial charge >= 0.3 is 0 Å². The maximum absolute atomic E-state index is 5.91. The van der Waals surface area contributed by atoms with Crippen LogP contribution in [0.2, 0.25) is 0 Å². The van der Waals surface area contributed by atoms with Gasteiger partial charge in [0.1, 0.15) is 6.33 Å². The fraction of sp³-hybridized carbons (Fsp3) is 0.600. The van der Waals surface area contributed by atoms with Crippen molar-refractivity contribution in [3.63, 3.8) is 0 Å². The summed E-state index contributed by atoms with van der Waals surface area (Å²) in [7, 11) is 0. The number of ether oxygens (including phenoxy) is 1. The van der Waals surface area contributed by atoms with E-state index in [0.29, 0.717) is 6.61 Å². The van der Waals surface area contributed by atoms with Crippen LogP contribution in [0.5, 0.6) is 0 Å². The molecule has 3 rings (SSSR count). The highest BCUT2D eigenvalue weighted by atomic mass is 16.5. The number of nitrogens with zero attached hydrogens (tertiary/aromatic N) is 2. The molecule has 2 aliphatic rings. The molecule has 4 nitrogen and oxygen atoms in total. The van der Waals surface area contributed by atoms with E-state index in [2.05, 4.69) is 15.3 Å². The molecule has 1 spiro atoms. The minimum Gasteiger partial charge on any atom is -0.364 e. The molecule has 1 fully saturated rings. The van der Waals surface area contributed by atoms with Gasteiger partial charge in [-0.3, -0.25) is 0 Å². The summed E-state index contributed by atoms with van der Waals surface area (Å²) in [5.74, 6) is 0. The van der Waals surface area contributed by atoms with Crippen molar-refractivity contribution < 1.29 is 4.74 Å². The number of rotatable bonds is 0. The summed E-state index contributed by atoms with van der Waals surface area (Å²) < 4.78 is 5.91. The highest BCUT2D eigenvalue weighted by molar-refractivity contribution is 5.28. The van der Waals surface area contributed by atoms with Gasteiger partial charge in [-0.1, -0.05) is 0 Å². The Balaban J connectivity index is 2.03. The van der Waals surface area contributed by atoms with E-state index < -0.39 is 0 Å². The lowest BCUT2D eigenvalue weighted by atomic mass is 9.86. The van der Waals surface area contributed by atoms with Gasteiger partial charge in [0.05, 0.1) is 17.9 Å². The molecular formula is C10H13N3O. The lowest BCUT2D eigenvalue weighted by molar-refractivity contribution is -0.0594. The fourth-order valence-corrected chi connectivity index (χ4v) is 2.38. The Morgan fingerprint density at radius 2 is 2.21 bits per heavy atom. The van der Waals surface area contributed by atoms with Crippen LogP contribution in [-0.2, 0) is 16.9 Å². The third kappa shape index (κ3) is 1.07. The van der Waals surface area contributed by atoms with E-state index in [4.69, 9.17) is 4.74 Å². The molecule has 74 valence electrons. The van der Waals surface area contributed by atoms with Crippen molar-refractivity contribution in [2.45, 2.75) is 25.0 Å². The van der Waals surface area contributed by atoms with Gasteiger partial charge in [0.15, 0.2) is 0 Å². The van der Waals surface area contributed by atoms with Crippen molar-refractivity contribution in [2.75, 3.05) is 13.1 Å². The molecule has 1 aromatic rings. The van der Waals surface area contributed by atoms with Gasteiger partial charge in [-0.25, -0.2) is 9.97 Å². The van der Waals surface area contributed by atoms with Crippen LogP contribution in [0.25, 0.3) is 0 Å². The molecular weight excluding hydrogens is 178 g/mol. The molecule has 0 atom stereocenters. The normalized spacial score (nSPS) is 23.7. The topological polar surface area (TPSA) is 47.0 Å². The second-order valence-electron chi connectivity index (χ2n) is 3.92. The van der Waals surface area contributed by atoms with E-state index in [9.17, 15) is 0 Å². The summed E-state index contributed by atoms with van der Waals surface area (Å²) in [6.07, 6.45) is 5.59. The largest absolute Gasteiger partial charge is 0.364 e. The number of hydrogen-bond donors (Lipinski definition) is 1. The van der Waals surface area contributed by atoms with Gasteiger partial charge in [0, 0.05) is 11.8 Å². The molecule has 0 unspecified atom stereocenters. The molecule has 0 aromatic carbocycles. The first-order valence-electron chi connectivity index (χ1n) is 5.05. The summed E-state index contributed by atoms with van der Waals surface area (Å²) in [5.41, 5.74) is 2.20. The molecule has 1 N–H and O–H groups in total. The molecule has 0 amide bonds. The fourth-order valence-electron chi connectivity index (χ4n) is 2.38. The van der Waals surface area contributed by atoms with E-state index in [-0.39, 0.29) is 5.60 Å². The van der Waals surface area contributed by atoms with E-state index in [0.717, 1.165) is 31.6 Å². The van der Waals surface area contributed by atoms with Gasteiger partial charge in [0.2, 0.25) is 0 Å². The molecule has 0 bridgehead atoms. The predicted octanol–water partition coefficient (Wildman–Crippen LogP) is 0.585. The van der Waals surface area contributed by atoms with Crippen molar-refractivity contribution in [3.8, 4) is 0 Å². The van der Waals surface area contributed by atoms with Crippen LogP contribution in [0.3, 0.4) is 0 Å². The lowest BCUT2D eigenvalue weighted by Gasteiger charge is -2.33. The Morgan fingerprint density at radius 3 is 3.07 bits per heavy atom. The first-order valence-corrected chi connectivity index (χ1v) is 5.05. The quantitative estimate of drug-likeness (QED) is 0.652. The van der Waals surface area contributed by atoms with Crippen molar-refractivity contribution in [3.05, 3.63) is 23.8 Å². The number of nitrogens with one attached hydrogen (secondary N) is 1. The Hall–Kier alpha value is -1.00. The summed E-state index contributed by atoms with van der Waals surface area (Å²) in [4.78, 5) is 8.35. The van der Waals surface area contributed by atoms with Crippen LogP contribution in [0.4, 0.5) is 0 Å². The Kier molecular flexibility index (Phi) is 1.78. The predicted molar refractivity (Wildman–Crippen MR) is 50.6 cm³/mol.